The second-order valence-electron chi connectivity index (χ2n) is 4.16. The van der Waals surface area contributed by atoms with E-state index in [1.165, 1.54) is 12.0 Å². The molecule has 18 heavy (non-hydrogen) atoms. The summed E-state index contributed by atoms with van der Waals surface area (Å²) >= 11 is 1.65. The van der Waals surface area contributed by atoms with Gasteiger partial charge in [-0.15, -0.1) is 11.3 Å². The van der Waals surface area contributed by atoms with E-state index in [1.807, 2.05) is 5.38 Å². The van der Waals surface area contributed by atoms with Crippen LogP contribution in [-0.4, -0.2) is 23.0 Å². The van der Waals surface area contributed by atoms with Gasteiger partial charge in [0.25, 0.3) is 0 Å². The van der Waals surface area contributed by atoms with Crippen LogP contribution in [0.1, 0.15) is 30.6 Å². The van der Waals surface area contributed by atoms with Gasteiger partial charge in [0.1, 0.15) is 0 Å². The number of rotatable bonds is 6. The average molecular weight is 268 g/mol. The van der Waals surface area contributed by atoms with Crippen LogP contribution in [-0.2, 0) is 16.0 Å². The molecule has 98 valence electrons. The Morgan fingerprint density at radius 1 is 1.33 bits per heavy atom. The first kappa shape index (κ1) is 12.9. The summed E-state index contributed by atoms with van der Waals surface area (Å²) in [4.78, 5) is 28.8. The molecule has 2 rings (SSSR count). The van der Waals surface area contributed by atoms with Gasteiger partial charge in [0.2, 0.25) is 0 Å². The lowest BCUT2D eigenvalue weighted by Crippen LogP contribution is -2.00. The van der Waals surface area contributed by atoms with Crippen LogP contribution in [0.25, 0.3) is 11.0 Å². The van der Waals surface area contributed by atoms with E-state index in [2.05, 4.69) is 14.7 Å². The van der Waals surface area contributed by atoms with Crippen LogP contribution in [0.3, 0.4) is 0 Å². The van der Waals surface area contributed by atoms with Crippen LogP contribution >= 0.6 is 11.3 Å². The van der Waals surface area contributed by atoms with Crippen molar-refractivity contribution in [2.45, 2.75) is 32.1 Å². The maximum Gasteiger partial charge on any atom is 0.323 e. The van der Waals surface area contributed by atoms with Gasteiger partial charge in [-0.2, -0.15) is 0 Å². The van der Waals surface area contributed by atoms with Crippen molar-refractivity contribution in [3.63, 3.8) is 0 Å². The molecule has 0 radical (unpaired) electrons. The van der Waals surface area contributed by atoms with Gasteiger partial charge in [-0.1, -0.05) is 6.42 Å². The maximum absolute atomic E-state index is 11.1. The minimum absolute atomic E-state index is 0.150. The lowest BCUT2D eigenvalue weighted by Gasteiger charge is -1.99. The Bertz CT molecular complexity index is 581. The number of esters is 1. The molecule has 0 amide bonds. The first-order valence-corrected chi connectivity index (χ1v) is 6.84. The third-order valence-electron chi connectivity index (χ3n) is 2.87. The van der Waals surface area contributed by atoms with Gasteiger partial charge in [-0.25, -0.2) is 4.79 Å². The number of hydrogen-bond acceptors (Lipinski definition) is 4. The van der Waals surface area contributed by atoms with Crippen molar-refractivity contribution in [2.75, 3.05) is 7.11 Å². The molecule has 0 spiro atoms. The smallest absolute Gasteiger partial charge is 0.323 e. The minimum Gasteiger partial charge on any atom is -0.469 e. The topological polar surface area (TPSA) is 75.0 Å². The summed E-state index contributed by atoms with van der Waals surface area (Å²) in [5.74, 6) is -0.150. The lowest BCUT2D eigenvalue weighted by molar-refractivity contribution is -0.140. The summed E-state index contributed by atoms with van der Waals surface area (Å²) in [7, 11) is 1.41. The zero-order valence-electron chi connectivity index (χ0n) is 10.2. The number of H-pyrrole nitrogens is 2. The number of carbonyl (C=O) groups excluding carboxylic acids is 1. The number of unbranched alkanes of at least 4 members (excludes halogenated alkanes) is 2. The molecule has 0 atom stereocenters. The van der Waals surface area contributed by atoms with E-state index in [4.69, 9.17) is 0 Å². The zero-order valence-corrected chi connectivity index (χ0v) is 11.1. The fraction of sp³-hybridized carbons (Fsp3) is 0.500. The summed E-state index contributed by atoms with van der Waals surface area (Å²) in [5, 5.41) is 1.96. The molecule has 5 nitrogen and oxygen atoms in total. The Labute approximate surface area is 108 Å². The molecule has 2 N–H and O–H groups in total. The molecule has 0 aromatic carbocycles. The van der Waals surface area contributed by atoms with Crippen LogP contribution in [0.5, 0.6) is 0 Å². The predicted octanol–water partition coefficient (Wildman–Crippen LogP) is 2.19. The number of hydrogen-bond donors (Lipinski definition) is 2. The van der Waals surface area contributed by atoms with E-state index < -0.39 is 0 Å². The molecule has 2 aromatic heterocycles. The second-order valence-corrected chi connectivity index (χ2v) is 5.13. The van der Waals surface area contributed by atoms with Crippen molar-refractivity contribution < 1.29 is 9.53 Å². The standard InChI is InChI=1S/C12H16N2O3S/c1-17-10(15)6-4-2-3-5-9-11-8(7-18-9)13-12(16)14-11/h7H,2-6H2,1H3,(H2,13,14,16). The van der Waals surface area contributed by atoms with Crippen molar-refractivity contribution in [1.82, 2.24) is 9.97 Å². The first-order valence-electron chi connectivity index (χ1n) is 5.96. The molecule has 0 bridgehead atoms. The number of aromatic nitrogens is 2. The summed E-state index contributed by atoms with van der Waals surface area (Å²) in [6, 6.07) is 0. The lowest BCUT2D eigenvalue weighted by atomic mass is 10.1. The van der Waals surface area contributed by atoms with E-state index in [0.29, 0.717) is 6.42 Å². The van der Waals surface area contributed by atoms with Gasteiger partial charge in [0, 0.05) is 16.7 Å². The fourth-order valence-corrected chi connectivity index (χ4v) is 2.89. The number of thiophene rings is 1. The molecule has 2 heterocycles. The number of imidazole rings is 1. The Morgan fingerprint density at radius 2 is 2.17 bits per heavy atom. The van der Waals surface area contributed by atoms with Gasteiger partial charge in [-0.3, -0.25) is 4.79 Å². The van der Waals surface area contributed by atoms with E-state index in [0.717, 1.165) is 36.7 Å². The van der Waals surface area contributed by atoms with Gasteiger partial charge in [0.15, 0.2) is 0 Å². The number of aryl methyl sites for hydroxylation is 1. The first-order chi connectivity index (χ1) is 8.70. The highest BCUT2D eigenvalue weighted by Gasteiger charge is 2.07. The number of carbonyl (C=O) groups is 1. The van der Waals surface area contributed by atoms with Crippen LogP contribution in [0.15, 0.2) is 10.2 Å². The molecule has 0 unspecified atom stereocenters. The second kappa shape index (κ2) is 5.86. The number of aromatic amines is 2. The SMILES string of the molecule is COC(=O)CCCCCc1scc2[nH]c(=O)[nH]c12. The van der Waals surface area contributed by atoms with E-state index in [9.17, 15) is 9.59 Å². The molecule has 0 saturated carbocycles. The highest BCUT2D eigenvalue weighted by molar-refractivity contribution is 7.11. The van der Waals surface area contributed by atoms with E-state index in [-0.39, 0.29) is 11.7 Å². The third kappa shape index (κ3) is 3.01. The van der Waals surface area contributed by atoms with E-state index >= 15 is 0 Å². The number of fused-ring (bicyclic) bond motifs is 1. The number of ether oxygens (including phenoxy) is 1. The quantitative estimate of drug-likeness (QED) is 0.623. The largest absolute Gasteiger partial charge is 0.469 e. The zero-order chi connectivity index (χ0) is 13.0. The summed E-state index contributed by atoms with van der Waals surface area (Å²) in [6.07, 6.45) is 4.27. The summed E-state index contributed by atoms with van der Waals surface area (Å²) in [6.45, 7) is 0. The minimum atomic E-state index is -0.153. The molecule has 0 saturated heterocycles. The summed E-state index contributed by atoms with van der Waals surface area (Å²) < 4.78 is 4.58. The molecule has 2 aromatic rings. The maximum atomic E-state index is 11.1. The van der Waals surface area contributed by atoms with Crippen molar-refractivity contribution in [1.29, 1.82) is 0 Å². The third-order valence-corrected chi connectivity index (χ3v) is 3.91. The van der Waals surface area contributed by atoms with Crippen molar-refractivity contribution in [3.8, 4) is 0 Å². The molecule has 0 aliphatic rings. The molecule has 0 aliphatic carbocycles. The predicted molar refractivity (Wildman–Crippen MR) is 71.0 cm³/mol. The van der Waals surface area contributed by atoms with Crippen LogP contribution in [0, 0.1) is 0 Å². The Balaban J connectivity index is 1.80. The number of methoxy groups -OCH3 is 1. The Morgan fingerprint density at radius 3 is 2.94 bits per heavy atom. The van der Waals surface area contributed by atoms with Gasteiger partial charge in [0.05, 0.1) is 18.1 Å². The van der Waals surface area contributed by atoms with Gasteiger partial charge < -0.3 is 14.7 Å². The Hall–Kier alpha value is -1.56. The molecule has 0 fully saturated rings. The van der Waals surface area contributed by atoms with E-state index in [1.54, 1.807) is 11.3 Å². The van der Waals surface area contributed by atoms with Crippen molar-refractivity contribution in [2.24, 2.45) is 0 Å². The van der Waals surface area contributed by atoms with Gasteiger partial charge >= 0.3 is 11.7 Å². The van der Waals surface area contributed by atoms with Gasteiger partial charge in [-0.05, 0) is 19.3 Å². The van der Waals surface area contributed by atoms with Crippen LogP contribution < -0.4 is 5.69 Å². The van der Waals surface area contributed by atoms with Crippen LogP contribution in [0.4, 0.5) is 0 Å². The normalized spacial score (nSPS) is 10.9. The fourth-order valence-electron chi connectivity index (χ4n) is 1.91. The molecular formula is C12H16N2O3S. The number of nitrogens with one attached hydrogen (secondary N) is 2. The summed E-state index contributed by atoms with van der Waals surface area (Å²) in [5.41, 5.74) is 1.66. The molecular weight excluding hydrogens is 252 g/mol. The highest BCUT2D eigenvalue weighted by atomic mass is 32.1. The average Bonchev–Trinajstić information content (AvgIpc) is 2.88. The van der Waals surface area contributed by atoms with Crippen molar-refractivity contribution in [3.05, 3.63) is 20.7 Å². The Kier molecular flexibility index (Phi) is 4.19. The highest BCUT2D eigenvalue weighted by Crippen LogP contribution is 2.23. The molecule has 6 heteroatoms. The monoisotopic (exact) mass is 268 g/mol. The molecule has 0 aliphatic heterocycles. The van der Waals surface area contributed by atoms with Crippen molar-refractivity contribution >= 4 is 28.3 Å². The van der Waals surface area contributed by atoms with Crippen LogP contribution in [0.2, 0.25) is 0 Å².